The molecule has 0 aliphatic rings. The van der Waals surface area contributed by atoms with Gasteiger partial charge in [0.25, 0.3) is 0 Å². The predicted octanol–water partition coefficient (Wildman–Crippen LogP) is 0.148. The third-order valence-electron chi connectivity index (χ3n) is 2.02. The van der Waals surface area contributed by atoms with Crippen LogP contribution in [0.2, 0.25) is 0 Å². The number of carbonyl (C=O) groups is 1. The fourth-order valence-electron chi connectivity index (χ4n) is 1.31. The lowest BCUT2D eigenvalue weighted by Gasteiger charge is -2.02. The van der Waals surface area contributed by atoms with Crippen molar-refractivity contribution in [2.24, 2.45) is 0 Å². The molecule has 0 radical (unpaired) electrons. The molecule has 0 amide bonds. The molecule has 8 heteroatoms. The van der Waals surface area contributed by atoms with E-state index in [4.69, 9.17) is 10.2 Å². The van der Waals surface area contributed by atoms with Crippen LogP contribution in [-0.4, -0.2) is 30.7 Å². The number of aliphatic hydroxyl groups excluding tert-OH is 1. The second-order valence-electron chi connectivity index (χ2n) is 3.10. The number of hydrogen-bond donors (Lipinski definition) is 2. The van der Waals surface area contributed by atoms with Crippen LogP contribution < -0.4 is 0 Å². The molecular formula is C8H11N3O5. The number of imidazole rings is 1. The van der Waals surface area contributed by atoms with Crippen molar-refractivity contribution in [3.63, 3.8) is 0 Å². The van der Waals surface area contributed by atoms with Crippen LogP contribution >= 0.6 is 0 Å². The Morgan fingerprint density at radius 2 is 2.31 bits per heavy atom. The predicted molar refractivity (Wildman–Crippen MR) is 51.7 cm³/mol. The van der Waals surface area contributed by atoms with Crippen molar-refractivity contribution >= 4 is 11.8 Å². The van der Waals surface area contributed by atoms with Crippen LogP contribution in [0.15, 0.2) is 6.20 Å². The second kappa shape index (κ2) is 5.21. The lowest BCUT2D eigenvalue weighted by atomic mass is 10.3. The lowest BCUT2D eigenvalue weighted by Crippen LogP contribution is -2.09. The standard InChI is InChI=1S/C8H11N3O5/c12-5-6-9-4-7(11(15)16)10(6)3-1-2-8(13)14/h4,12H,1-3,5H2,(H,13,14). The highest BCUT2D eigenvalue weighted by atomic mass is 16.6. The van der Waals surface area contributed by atoms with Gasteiger partial charge in [0.15, 0.2) is 0 Å². The molecule has 0 atom stereocenters. The number of carboxylic acid groups (broad SMARTS) is 1. The monoisotopic (exact) mass is 229 g/mol. The zero-order valence-electron chi connectivity index (χ0n) is 8.37. The van der Waals surface area contributed by atoms with E-state index in [1.807, 2.05) is 0 Å². The van der Waals surface area contributed by atoms with E-state index < -0.39 is 17.5 Å². The first-order valence-electron chi connectivity index (χ1n) is 4.57. The Morgan fingerprint density at radius 1 is 1.62 bits per heavy atom. The quantitative estimate of drug-likeness (QED) is 0.529. The summed E-state index contributed by atoms with van der Waals surface area (Å²) in [5.41, 5.74) is 0. The van der Waals surface area contributed by atoms with Crippen molar-refractivity contribution in [1.82, 2.24) is 9.55 Å². The molecule has 0 fully saturated rings. The third-order valence-corrected chi connectivity index (χ3v) is 2.02. The molecule has 0 aliphatic carbocycles. The van der Waals surface area contributed by atoms with Gasteiger partial charge in [0.2, 0.25) is 5.82 Å². The van der Waals surface area contributed by atoms with Crippen molar-refractivity contribution in [1.29, 1.82) is 0 Å². The lowest BCUT2D eigenvalue weighted by molar-refractivity contribution is -0.392. The van der Waals surface area contributed by atoms with E-state index in [1.54, 1.807) is 0 Å². The molecule has 0 saturated heterocycles. The molecule has 0 unspecified atom stereocenters. The Hall–Kier alpha value is -1.96. The van der Waals surface area contributed by atoms with E-state index in [0.29, 0.717) is 0 Å². The number of rotatable bonds is 6. The number of nitro groups is 1. The van der Waals surface area contributed by atoms with Gasteiger partial charge in [0.05, 0.1) is 6.54 Å². The van der Waals surface area contributed by atoms with Gasteiger partial charge in [-0.2, -0.15) is 0 Å². The molecule has 1 rings (SSSR count). The normalized spacial score (nSPS) is 10.3. The zero-order valence-corrected chi connectivity index (χ0v) is 8.37. The maximum Gasteiger partial charge on any atom is 0.342 e. The highest BCUT2D eigenvalue weighted by molar-refractivity contribution is 5.66. The molecule has 0 bridgehead atoms. The van der Waals surface area contributed by atoms with Crippen molar-refractivity contribution in [3.05, 3.63) is 22.1 Å². The maximum absolute atomic E-state index is 10.6. The van der Waals surface area contributed by atoms with Gasteiger partial charge in [-0.3, -0.25) is 4.79 Å². The average molecular weight is 229 g/mol. The molecule has 8 nitrogen and oxygen atoms in total. The van der Waals surface area contributed by atoms with E-state index in [1.165, 1.54) is 4.57 Å². The Kier molecular flexibility index (Phi) is 3.95. The average Bonchev–Trinajstić information content (AvgIpc) is 2.60. The van der Waals surface area contributed by atoms with Gasteiger partial charge in [-0.25, -0.2) is 9.55 Å². The molecular weight excluding hydrogens is 218 g/mol. The van der Waals surface area contributed by atoms with Crippen LogP contribution in [0.4, 0.5) is 5.82 Å². The Balaban J connectivity index is 2.78. The largest absolute Gasteiger partial charge is 0.481 e. The van der Waals surface area contributed by atoms with Gasteiger partial charge >= 0.3 is 11.8 Å². The molecule has 0 saturated carbocycles. The van der Waals surface area contributed by atoms with Gasteiger partial charge in [0.1, 0.15) is 12.8 Å². The van der Waals surface area contributed by atoms with Crippen molar-refractivity contribution in [2.75, 3.05) is 0 Å². The highest BCUT2D eigenvalue weighted by Crippen LogP contribution is 2.15. The minimum atomic E-state index is -0.965. The van der Waals surface area contributed by atoms with E-state index in [2.05, 4.69) is 4.98 Å². The van der Waals surface area contributed by atoms with Gasteiger partial charge in [0, 0.05) is 6.42 Å². The van der Waals surface area contributed by atoms with Gasteiger partial charge in [-0.1, -0.05) is 0 Å². The zero-order chi connectivity index (χ0) is 12.1. The van der Waals surface area contributed by atoms with Crippen molar-refractivity contribution < 1.29 is 19.9 Å². The van der Waals surface area contributed by atoms with E-state index in [0.717, 1.165) is 6.20 Å². The number of aliphatic hydroxyl groups is 1. The van der Waals surface area contributed by atoms with E-state index in [9.17, 15) is 14.9 Å². The summed E-state index contributed by atoms with van der Waals surface area (Å²) >= 11 is 0. The summed E-state index contributed by atoms with van der Waals surface area (Å²) in [6.45, 7) is -0.264. The molecule has 1 aromatic heterocycles. The fraction of sp³-hybridized carbons (Fsp3) is 0.500. The van der Waals surface area contributed by atoms with Crippen LogP contribution in [-0.2, 0) is 17.9 Å². The fourth-order valence-corrected chi connectivity index (χ4v) is 1.31. The van der Waals surface area contributed by atoms with Crippen LogP contribution in [0.1, 0.15) is 18.7 Å². The Bertz CT molecular complexity index is 400. The topological polar surface area (TPSA) is 118 Å². The van der Waals surface area contributed by atoms with Crippen LogP contribution in [0, 0.1) is 10.1 Å². The van der Waals surface area contributed by atoms with Gasteiger partial charge in [-0.15, -0.1) is 0 Å². The Labute approximate surface area is 90.3 Å². The number of aromatic nitrogens is 2. The first-order valence-corrected chi connectivity index (χ1v) is 4.57. The van der Waals surface area contributed by atoms with E-state index >= 15 is 0 Å². The van der Waals surface area contributed by atoms with Crippen molar-refractivity contribution in [2.45, 2.75) is 26.0 Å². The summed E-state index contributed by atoms with van der Waals surface area (Å²) in [5.74, 6) is -1.04. The number of carboxylic acids is 1. The minimum absolute atomic E-state index is 0.0831. The minimum Gasteiger partial charge on any atom is -0.481 e. The molecule has 0 aromatic carbocycles. The Morgan fingerprint density at radius 3 is 2.81 bits per heavy atom. The smallest absolute Gasteiger partial charge is 0.342 e. The van der Waals surface area contributed by atoms with E-state index in [-0.39, 0.29) is 31.0 Å². The van der Waals surface area contributed by atoms with Crippen LogP contribution in [0.3, 0.4) is 0 Å². The van der Waals surface area contributed by atoms with Gasteiger partial charge in [-0.05, 0) is 11.3 Å². The molecule has 16 heavy (non-hydrogen) atoms. The summed E-state index contributed by atoms with van der Waals surface area (Å²) in [6.07, 6.45) is 1.21. The number of aliphatic carboxylic acids is 1. The van der Waals surface area contributed by atoms with Crippen molar-refractivity contribution in [3.8, 4) is 0 Å². The summed E-state index contributed by atoms with van der Waals surface area (Å²) in [7, 11) is 0. The maximum atomic E-state index is 10.6. The molecule has 1 heterocycles. The SMILES string of the molecule is O=C(O)CCCn1c([N+](=O)[O-])cnc1CO. The number of hydrogen-bond acceptors (Lipinski definition) is 5. The first kappa shape index (κ1) is 12.1. The second-order valence-corrected chi connectivity index (χ2v) is 3.10. The molecule has 0 aliphatic heterocycles. The molecule has 1 aromatic rings. The van der Waals surface area contributed by atoms with Crippen LogP contribution in [0.25, 0.3) is 0 Å². The summed E-state index contributed by atoms with van der Waals surface area (Å²) < 4.78 is 1.21. The first-order chi connectivity index (χ1) is 7.56. The molecule has 2 N–H and O–H groups in total. The van der Waals surface area contributed by atoms with Gasteiger partial charge < -0.3 is 20.3 Å². The summed E-state index contributed by atoms with van der Waals surface area (Å²) in [4.78, 5) is 23.9. The molecule has 0 spiro atoms. The third kappa shape index (κ3) is 2.76. The van der Waals surface area contributed by atoms with Crippen LogP contribution in [0.5, 0.6) is 0 Å². The molecule has 88 valence electrons. The summed E-state index contributed by atoms with van der Waals surface area (Å²) in [6, 6.07) is 0. The highest BCUT2D eigenvalue weighted by Gasteiger charge is 2.19. The summed E-state index contributed by atoms with van der Waals surface area (Å²) in [5, 5.41) is 27.9. The number of nitrogens with zero attached hydrogens (tertiary/aromatic N) is 3.